The molecule has 0 aromatic heterocycles. The van der Waals surface area contributed by atoms with E-state index in [2.05, 4.69) is 137 Å². The van der Waals surface area contributed by atoms with Crippen LogP contribution in [-0.2, 0) is 65.4 Å². The van der Waals surface area contributed by atoms with Crippen molar-refractivity contribution in [3.05, 3.63) is 146 Å². The van der Waals surface area contributed by atoms with Gasteiger partial charge in [0, 0.05) is 25.7 Å². The predicted molar refractivity (Wildman–Crippen MR) is 427 cm³/mol. The van der Waals surface area contributed by atoms with Crippen molar-refractivity contribution < 1.29 is 80.2 Å². The van der Waals surface area contributed by atoms with Gasteiger partial charge in [0.05, 0.1) is 26.4 Å². The summed E-state index contributed by atoms with van der Waals surface area (Å²) in [4.78, 5) is 72.9. The van der Waals surface area contributed by atoms with Crippen LogP contribution < -0.4 is 0 Å². The highest BCUT2D eigenvalue weighted by Gasteiger charge is 2.30. The van der Waals surface area contributed by atoms with Crippen LogP contribution >= 0.6 is 15.6 Å². The summed E-state index contributed by atoms with van der Waals surface area (Å²) in [6.07, 6.45) is 87.2. The van der Waals surface area contributed by atoms with E-state index < -0.39 is 97.5 Å². The Morgan fingerprint density at radius 2 is 0.500 bits per heavy atom. The highest BCUT2D eigenvalue weighted by molar-refractivity contribution is 7.47. The average molecular weight is 1500 g/mol. The molecule has 17 nitrogen and oxygen atoms in total. The molecular weight excluding hydrogens is 1350 g/mol. The minimum Gasteiger partial charge on any atom is -0.462 e. The zero-order valence-electron chi connectivity index (χ0n) is 64.9. The third kappa shape index (κ3) is 75.2. The molecular formula is C85H142O17P2. The lowest BCUT2D eigenvalue weighted by Crippen LogP contribution is -2.30. The molecule has 0 bridgehead atoms. The number of allylic oxidation sites excluding steroid dienone is 24. The molecule has 2 unspecified atom stereocenters. The summed E-state index contributed by atoms with van der Waals surface area (Å²) in [5.74, 6) is -2.36. The van der Waals surface area contributed by atoms with Crippen LogP contribution in [0.15, 0.2) is 146 Å². The first-order chi connectivity index (χ1) is 50.7. The van der Waals surface area contributed by atoms with Gasteiger partial charge >= 0.3 is 39.5 Å². The fourth-order valence-corrected chi connectivity index (χ4v) is 11.9. The molecule has 0 rings (SSSR count). The van der Waals surface area contributed by atoms with Gasteiger partial charge in [-0.3, -0.25) is 37.3 Å². The van der Waals surface area contributed by atoms with Crippen LogP contribution in [0.5, 0.6) is 0 Å². The lowest BCUT2D eigenvalue weighted by atomic mass is 10.0. The molecule has 0 heterocycles. The molecule has 0 aliphatic rings. The Bertz CT molecular complexity index is 2370. The number of phosphoric acid groups is 2. The average Bonchev–Trinajstić information content (AvgIpc) is 0.913. The summed E-state index contributed by atoms with van der Waals surface area (Å²) in [6.45, 7) is 4.49. The van der Waals surface area contributed by atoms with Gasteiger partial charge < -0.3 is 33.8 Å². The van der Waals surface area contributed by atoms with Gasteiger partial charge in [-0.25, -0.2) is 9.13 Å². The Kier molecular flexibility index (Phi) is 72.4. The fraction of sp³-hybridized carbons (Fsp3) is 0.671. The molecule has 0 aliphatic carbocycles. The SMILES string of the molecule is CC/C=C\C/C=C\C/C=C\C/C=C\C/C=C\C/C=C\CCC(=O)OC[C@H](COP(=O)(O)OCC(O)COP(=O)(O)OC[C@@H](COC(=O)CC/C=C\C/C=C\C/C=C\C/C=C\C/C=C\C/C=C\CC)OC(=O)CCCCCCCCCCCCCCC)OC(=O)CCCCCCCCCCCCCCC. The number of phosphoric ester groups is 2. The number of carbonyl (C=O) groups excluding carboxylic acids is 4. The minimum absolute atomic E-state index is 0.0336. The van der Waals surface area contributed by atoms with E-state index in [1.807, 2.05) is 36.5 Å². The molecule has 19 heteroatoms. The molecule has 3 N–H and O–H groups in total. The van der Waals surface area contributed by atoms with E-state index in [4.69, 9.17) is 37.0 Å². The topological polar surface area (TPSA) is 237 Å². The second-order valence-corrected chi connectivity index (χ2v) is 29.2. The number of unbranched alkanes of at least 4 members (excludes halogenated alkanes) is 24. The molecule has 0 aromatic carbocycles. The maximum Gasteiger partial charge on any atom is 0.472 e. The van der Waals surface area contributed by atoms with Gasteiger partial charge in [0.25, 0.3) is 0 Å². The molecule has 594 valence electrons. The van der Waals surface area contributed by atoms with E-state index in [9.17, 15) is 43.2 Å². The molecule has 0 aliphatic heterocycles. The Labute approximate surface area is 630 Å². The minimum atomic E-state index is -5.00. The van der Waals surface area contributed by atoms with Crippen LogP contribution in [0.1, 0.15) is 310 Å². The van der Waals surface area contributed by atoms with Gasteiger partial charge in [-0.15, -0.1) is 0 Å². The molecule has 0 amide bonds. The first-order valence-corrected chi connectivity index (χ1v) is 43.1. The Balaban J connectivity index is 5.45. The van der Waals surface area contributed by atoms with Crippen LogP contribution in [0, 0.1) is 0 Å². The third-order valence-corrected chi connectivity index (χ3v) is 18.3. The molecule has 104 heavy (non-hydrogen) atoms. The molecule has 0 radical (unpaired) electrons. The van der Waals surface area contributed by atoms with Crippen molar-refractivity contribution in [3.63, 3.8) is 0 Å². The zero-order chi connectivity index (χ0) is 76.0. The van der Waals surface area contributed by atoms with Crippen molar-refractivity contribution in [3.8, 4) is 0 Å². The maximum atomic E-state index is 13.1. The Morgan fingerprint density at radius 3 is 0.750 bits per heavy atom. The summed E-state index contributed by atoms with van der Waals surface area (Å²) in [5.41, 5.74) is 0. The van der Waals surface area contributed by atoms with Crippen molar-refractivity contribution >= 4 is 39.5 Å². The van der Waals surface area contributed by atoms with Gasteiger partial charge in [-0.05, 0) is 103 Å². The number of aliphatic hydroxyl groups is 1. The van der Waals surface area contributed by atoms with Crippen LogP contribution in [0.25, 0.3) is 0 Å². The van der Waals surface area contributed by atoms with Crippen molar-refractivity contribution in [2.45, 2.75) is 329 Å². The lowest BCUT2D eigenvalue weighted by Gasteiger charge is -2.21. The smallest absolute Gasteiger partial charge is 0.462 e. The quantitative estimate of drug-likeness (QED) is 0.0169. The summed E-state index contributed by atoms with van der Waals surface area (Å²) >= 11 is 0. The Morgan fingerprint density at radius 1 is 0.279 bits per heavy atom. The van der Waals surface area contributed by atoms with Gasteiger partial charge in [0.1, 0.15) is 19.3 Å². The number of hydrogen-bond donors (Lipinski definition) is 3. The third-order valence-electron chi connectivity index (χ3n) is 16.4. The molecule has 0 saturated carbocycles. The predicted octanol–water partition coefficient (Wildman–Crippen LogP) is 23.4. The number of ether oxygens (including phenoxy) is 4. The first-order valence-electron chi connectivity index (χ1n) is 40.1. The second-order valence-electron chi connectivity index (χ2n) is 26.3. The van der Waals surface area contributed by atoms with Crippen molar-refractivity contribution in [1.29, 1.82) is 0 Å². The summed E-state index contributed by atoms with van der Waals surface area (Å²) in [5, 5.41) is 10.6. The van der Waals surface area contributed by atoms with Crippen LogP contribution in [0.3, 0.4) is 0 Å². The number of esters is 4. The van der Waals surface area contributed by atoms with Crippen LogP contribution in [0.4, 0.5) is 0 Å². The largest absolute Gasteiger partial charge is 0.472 e. The van der Waals surface area contributed by atoms with Gasteiger partial charge in [0.2, 0.25) is 0 Å². The monoisotopic (exact) mass is 1500 g/mol. The van der Waals surface area contributed by atoms with Crippen LogP contribution in [-0.4, -0.2) is 96.7 Å². The van der Waals surface area contributed by atoms with Crippen molar-refractivity contribution in [2.75, 3.05) is 39.6 Å². The zero-order valence-corrected chi connectivity index (χ0v) is 66.7. The van der Waals surface area contributed by atoms with Gasteiger partial charge in [0.15, 0.2) is 12.2 Å². The van der Waals surface area contributed by atoms with Crippen LogP contribution in [0.2, 0.25) is 0 Å². The van der Waals surface area contributed by atoms with Crippen molar-refractivity contribution in [2.24, 2.45) is 0 Å². The number of aliphatic hydroxyl groups excluding tert-OH is 1. The van der Waals surface area contributed by atoms with Gasteiger partial charge in [-0.2, -0.15) is 0 Å². The normalized spacial score (nSPS) is 14.6. The second kappa shape index (κ2) is 76.1. The standard InChI is InChI=1S/C85H142O17P2/c1-5-9-13-17-21-25-29-33-35-37-39-41-43-47-49-53-57-61-65-69-82(87)95-75-80(101-84(89)71-67-63-59-55-51-45-31-27-23-19-15-11-7-3)77-99-103(91,92)97-73-79(86)74-98-104(93,94)100-78-81(102-85(90)72-68-64-60-56-52-46-32-28-24-20-16-12-8-4)76-96-83(88)70-66-62-58-54-50-48-44-42-40-38-36-34-30-26-22-18-14-10-6-2/h9-10,13-14,21-22,25-26,33-36,39-42,47-50,57-58,61-62,79-81,86H,5-8,11-12,15-20,23-24,27-32,37-38,43-46,51-56,59-60,63-78H2,1-4H3,(H,91,92)(H,93,94)/b13-9-,14-10-,25-21-,26-22-,35-33-,36-34-,41-39-,42-40-,49-47-,50-48-,61-57-,62-58-/t80-,81-/m1/s1. The summed E-state index contributed by atoms with van der Waals surface area (Å²) < 4.78 is 68.4. The molecule has 0 fully saturated rings. The van der Waals surface area contributed by atoms with Gasteiger partial charge in [-0.1, -0.05) is 328 Å². The fourth-order valence-electron chi connectivity index (χ4n) is 10.3. The molecule has 4 atom stereocenters. The Hall–Kier alpha value is -5.06. The van der Waals surface area contributed by atoms with Crippen molar-refractivity contribution in [1.82, 2.24) is 0 Å². The summed E-state index contributed by atoms with van der Waals surface area (Å²) in [6, 6.07) is 0. The summed E-state index contributed by atoms with van der Waals surface area (Å²) in [7, 11) is -10.00. The number of rotatable bonds is 74. The number of carbonyl (C=O) groups is 4. The molecule has 0 spiro atoms. The van der Waals surface area contributed by atoms with E-state index in [1.165, 1.54) is 103 Å². The molecule has 0 aromatic rings. The highest BCUT2D eigenvalue weighted by atomic mass is 31.2. The first kappa shape index (κ1) is 98.9. The van der Waals surface area contributed by atoms with E-state index in [-0.39, 0.29) is 25.7 Å². The van der Waals surface area contributed by atoms with E-state index in [1.54, 1.807) is 0 Å². The lowest BCUT2D eigenvalue weighted by molar-refractivity contribution is -0.161. The maximum absolute atomic E-state index is 13.1. The van der Waals surface area contributed by atoms with E-state index >= 15 is 0 Å². The number of hydrogen-bond acceptors (Lipinski definition) is 15. The highest BCUT2D eigenvalue weighted by Crippen LogP contribution is 2.45. The molecule has 0 saturated heterocycles. The van der Waals surface area contributed by atoms with E-state index in [0.29, 0.717) is 38.5 Å². The van der Waals surface area contributed by atoms with E-state index in [0.717, 1.165) is 116 Å².